The average Bonchev–Trinajstić information content (AvgIpc) is 3.18. The van der Waals surface area contributed by atoms with Crippen molar-refractivity contribution in [3.63, 3.8) is 0 Å². The summed E-state index contributed by atoms with van der Waals surface area (Å²) in [5.74, 6) is -0.987. The molecule has 0 saturated carbocycles. The largest absolute Gasteiger partial charge is 0.462 e. The van der Waals surface area contributed by atoms with Crippen molar-refractivity contribution in [1.82, 2.24) is 0 Å². The van der Waals surface area contributed by atoms with Crippen molar-refractivity contribution < 1.29 is 28.6 Å². The average molecular weight is 769 g/mol. The third kappa shape index (κ3) is 42.1. The summed E-state index contributed by atoms with van der Waals surface area (Å²) in [4.78, 5) is 37.6. The maximum atomic E-state index is 12.7. The Hall–Kier alpha value is -2.89. The van der Waals surface area contributed by atoms with Crippen LogP contribution in [0.15, 0.2) is 60.8 Å². The van der Waals surface area contributed by atoms with Gasteiger partial charge in [-0.1, -0.05) is 197 Å². The molecular weight excluding hydrogens is 685 g/mol. The Bertz CT molecular complexity index is 1020. The van der Waals surface area contributed by atoms with Crippen LogP contribution < -0.4 is 0 Å². The van der Waals surface area contributed by atoms with Gasteiger partial charge in [-0.2, -0.15) is 0 Å². The van der Waals surface area contributed by atoms with Gasteiger partial charge in [0, 0.05) is 19.3 Å². The molecule has 1 atom stereocenters. The molecule has 0 fully saturated rings. The monoisotopic (exact) mass is 769 g/mol. The molecule has 0 saturated heterocycles. The van der Waals surface area contributed by atoms with E-state index in [1.165, 1.54) is 103 Å². The lowest BCUT2D eigenvalue weighted by atomic mass is 10.1. The Balaban J connectivity index is 4.44. The van der Waals surface area contributed by atoms with Gasteiger partial charge in [-0.15, -0.1) is 0 Å². The van der Waals surface area contributed by atoms with Gasteiger partial charge >= 0.3 is 17.9 Å². The first-order valence-electron chi connectivity index (χ1n) is 22.8. The summed E-state index contributed by atoms with van der Waals surface area (Å²) in [7, 11) is 0. The Morgan fingerprint density at radius 1 is 0.400 bits per heavy atom. The predicted molar refractivity (Wildman–Crippen MR) is 233 cm³/mol. The summed E-state index contributed by atoms with van der Waals surface area (Å²) in [5, 5.41) is 0. The van der Waals surface area contributed by atoms with E-state index in [-0.39, 0.29) is 37.5 Å². The Kier molecular flexibility index (Phi) is 41.5. The third-order valence-electron chi connectivity index (χ3n) is 9.58. The highest BCUT2D eigenvalue weighted by atomic mass is 16.6. The van der Waals surface area contributed by atoms with Crippen molar-refractivity contribution in [2.75, 3.05) is 13.2 Å². The number of unbranched alkanes of at least 4 members (excludes halogenated alkanes) is 21. The van der Waals surface area contributed by atoms with Crippen molar-refractivity contribution in [2.45, 2.75) is 219 Å². The van der Waals surface area contributed by atoms with Crippen LogP contribution >= 0.6 is 0 Å². The zero-order valence-electron chi connectivity index (χ0n) is 35.9. The third-order valence-corrected chi connectivity index (χ3v) is 9.58. The summed E-state index contributed by atoms with van der Waals surface area (Å²) >= 11 is 0. The van der Waals surface area contributed by atoms with Crippen molar-refractivity contribution in [3.05, 3.63) is 60.8 Å². The van der Waals surface area contributed by atoms with Gasteiger partial charge in [0.25, 0.3) is 0 Å². The molecule has 0 radical (unpaired) electrons. The van der Waals surface area contributed by atoms with Crippen LogP contribution in [-0.4, -0.2) is 37.2 Å². The quantitative estimate of drug-likeness (QED) is 0.0203. The molecule has 0 bridgehead atoms. The second-order valence-corrected chi connectivity index (χ2v) is 15.0. The minimum absolute atomic E-state index is 0.0999. The molecule has 0 aliphatic carbocycles. The molecule has 0 heterocycles. The lowest BCUT2D eigenvalue weighted by Gasteiger charge is -2.18. The van der Waals surface area contributed by atoms with Crippen molar-refractivity contribution >= 4 is 17.9 Å². The predicted octanol–water partition coefficient (Wildman–Crippen LogP) is 14.5. The zero-order chi connectivity index (χ0) is 40.1. The second-order valence-electron chi connectivity index (χ2n) is 15.0. The smallest absolute Gasteiger partial charge is 0.306 e. The molecule has 0 aromatic rings. The highest BCUT2D eigenvalue weighted by Gasteiger charge is 2.19. The van der Waals surface area contributed by atoms with E-state index in [1.54, 1.807) is 0 Å². The van der Waals surface area contributed by atoms with E-state index in [2.05, 4.69) is 75.5 Å². The summed E-state index contributed by atoms with van der Waals surface area (Å²) in [6.07, 6.45) is 52.2. The Morgan fingerprint density at radius 2 is 0.818 bits per heavy atom. The van der Waals surface area contributed by atoms with Crippen molar-refractivity contribution in [2.24, 2.45) is 0 Å². The van der Waals surface area contributed by atoms with E-state index in [9.17, 15) is 14.4 Å². The van der Waals surface area contributed by atoms with Gasteiger partial charge in [0.2, 0.25) is 0 Å². The summed E-state index contributed by atoms with van der Waals surface area (Å²) in [6, 6.07) is 0. The van der Waals surface area contributed by atoms with E-state index < -0.39 is 6.10 Å². The highest BCUT2D eigenvalue weighted by Crippen LogP contribution is 2.13. The molecule has 6 heteroatoms. The molecule has 0 aliphatic rings. The maximum absolute atomic E-state index is 12.7. The van der Waals surface area contributed by atoms with Gasteiger partial charge in [0.05, 0.1) is 0 Å². The van der Waals surface area contributed by atoms with Crippen LogP contribution in [0.25, 0.3) is 0 Å². The topological polar surface area (TPSA) is 78.9 Å². The van der Waals surface area contributed by atoms with Crippen molar-refractivity contribution in [3.8, 4) is 0 Å². The molecular formula is C49H84O6. The number of hydrogen-bond donors (Lipinski definition) is 0. The number of carbonyl (C=O) groups is 3. The summed E-state index contributed by atoms with van der Waals surface area (Å²) < 4.78 is 16.6. The number of allylic oxidation sites excluding steroid dienone is 10. The molecule has 0 aliphatic heterocycles. The summed E-state index contributed by atoms with van der Waals surface area (Å²) in [6.45, 7) is 6.40. The molecule has 0 aromatic carbocycles. The van der Waals surface area contributed by atoms with Crippen molar-refractivity contribution in [1.29, 1.82) is 0 Å². The molecule has 0 spiro atoms. The molecule has 316 valence electrons. The fourth-order valence-corrected chi connectivity index (χ4v) is 6.14. The lowest BCUT2D eigenvalue weighted by molar-refractivity contribution is -0.166. The van der Waals surface area contributed by atoms with Crippen LogP contribution in [0.4, 0.5) is 0 Å². The first-order chi connectivity index (χ1) is 27.0. The second kappa shape index (κ2) is 43.8. The number of hydrogen-bond acceptors (Lipinski definition) is 6. The number of esters is 3. The van der Waals surface area contributed by atoms with E-state index in [0.29, 0.717) is 19.3 Å². The normalized spacial score (nSPS) is 12.6. The molecule has 6 nitrogen and oxygen atoms in total. The van der Waals surface area contributed by atoms with Gasteiger partial charge in [0.15, 0.2) is 6.10 Å². The number of carbonyl (C=O) groups excluding carboxylic acids is 3. The van der Waals surface area contributed by atoms with E-state index >= 15 is 0 Å². The Morgan fingerprint density at radius 3 is 1.31 bits per heavy atom. The van der Waals surface area contributed by atoms with Gasteiger partial charge in [-0.3, -0.25) is 14.4 Å². The van der Waals surface area contributed by atoms with Crippen LogP contribution in [0, 0.1) is 0 Å². The van der Waals surface area contributed by atoms with Crippen LogP contribution in [0.1, 0.15) is 213 Å². The highest BCUT2D eigenvalue weighted by molar-refractivity contribution is 5.71. The first-order valence-corrected chi connectivity index (χ1v) is 22.8. The van der Waals surface area contributed by atoms with Gasteiger partial charge < -0.3 is 14.2 Å². The van der Waals surface area contributed by atoms with Gasteiger partial charge in [0.1, 0.15) is 13.2 Å². The first kappa shape index (κ1) is 52.1. The fourth-order valence-electron chi connectivity index (χ4n) is 6.14. The van der Waals surface area contributed by atoms with E-state index in [4.69, 9.17) is 14.2 Å². The standard InChI is InChI=1S/C49H84O6/c1-4-7-10-13-16-19-21-23-24-26-27-30-33-36-39-42-48(51)54-45-46(44-53-47(50)41-38-35-32-29-18-15-12-9-6-3)55-49(52)43-40-37-34-31-28-25-22-20-17-14-11-8-5-2/h7,10,13,16,19,21,25,28,34,37,46H,4-6,8-9,11-12,14-15,17-18,20,22-24,26-27,29-33,35-36,38-45H2,1-3H3/b10-7-,16-13-,21-19-,28-25-,37-34-. The fraction of sp³-hybridized carbons (Fsp3) is 0.735. The van der Waals surface area contributed by atoms with Crippen LogP contribution in [0.3, 0.4) is 0 Å². The molecule has 55 heavy (non-hydrogen) atoms. The van der Waals surface area contributed by atoms with E-state index in [0.717, 1.165) is 64.2 Å². The summed E-state index contributed by atoms with van der Waals surface area (Å²) in [5.41, 5.74) is 0. The molecule has 1 unspecified atom stereocenters. The Labute approximate surface area is 339 Å². The maximum Gasteiger partial charge on any atom is 0.306 e. The molecule has 0 aromatic heterocycles. The number of ether oxygens (including phenoxy) is 3. The van der Waals surface area contributed by atoms with Gasteiger partial charge in [-0.05, 0) is 57.8 Å². The molecule has 0 N–H and O–H groups in total. The van der Waals surface area contributed by atoms with Crippen LogP contribution in [0.5, 0.6) is 0 Å². The van der Waals surface area contributed by atoms with Crippen LogP contribution in [-0.2, 0) is 28.6 Å². The van der Waals surface area contributed by atoms with Crippen LogP contribution in [0.2, 0.25) is 0 Å². The molecule has 0 amide bonds. The molecule has 0 rings (SSSR count). The van der Waals surface area contributed by atoms with E-state index in [1.807, 2.05) is 6.08 Å². The SMILES string of the molecule is CC\C=C/C=C\C=C/CCCCCCCCCC(=O)OCC(COC(=O)CCCCCCCCCCC)OC(=O)CC/C=C\C/C=C\CCCCCCCC. The minimum atomic E-state index is -0.804. The lowest BCUT2D eigenvalue weighted by Crippen LogP contribution is -2.30. The minimum Gasteiger partial charge on any atom is -0.462 e. The number of rotatable bonds is 40. The van der Waals surface area contributed by atoms with Gasteiger partial charge in [-0.25, -0.2) is 0 Å². The zero-order valence-corrected chi connectivity index (χ0v) is 35.9.